The lowest BCUT2D eigenvalue weighted by atomic mass is 10.1. The second kappa shape index (κ2) is 4.21. The van der Waals surface area contributed by atoms with E-state index < -0.39 is 0 Å². The minimum atomic E-state index is 0.551. The standard InChI is InChI=1S/C11H16ClNS/c1-7(2)11-9(12)5-10(14-11)8-3-4-13-6-8/h5,7-8,13H,3-4,6H2,1-2H3. The van der Waals surface area contributed by atoms with Gasteiger partial charge in [0, 0.05) is 22.2 Å². The highest BCUT2D eigenvalue weighted by Crippen LogP contribution is 2.38. The predicted octanol–water partition coefficient (Wildman–Crippen LogP) is 3.60. The van der Waals surface area contributed by atoms with Crippen LogP contribution in [0.2, 0.25) is 5.02 Å². The van der Waals surface area contributed by atoms with Crippen molar-refractivity contribution in [3.63, 3.8) is 0 Å². The molecule has 1 aliphatic rings. The van der Waals surface area contributed by atoms with Crippen LogP contribution >= 0.6 is 22.9 Å². The first kappa shape index (κ1) is 10.5. The Labute approximate surface area is 94.5 Å². The van der Waals surface area contributed by atoms with Gasteiger partial charge in [-0.15, -0.1) is 11.3 Å². The second-order valence-corrected chi connectivity index (χ2v) is 5.73. The van der Waals surface area contributed by atoms with Crippen LogP contribution in [0, 0.1) is 0 Å². The van der Waals surface area contributed by atoms with Crippen molar-refractivity contribution in [2.45, 2.75) is 32.1 Å². The van der Waals surface area contributed by atoms with Gasteiger partial charge in [-0.05, 0) is 24.9 Å². The summed E-state index contributed by atoms with van der Waals surface area (Å²) in [6, 6.07) is 2.17. The smallest absolute Gasteiger partial charge is 0.0550 e. The fourth-order valence-corrected chi connectivity index (χ4v) is 3.60. The van der Waals surface area contributed by atoms with Gasteiger partial charge >= 0.3 is 0 Å². The molecule has 1 unspecified atom stereocenters. The lowest BCUT2D eigenvalue weighted by Crippen LogP contribution is -2.07. The van der Waals surface area contributed by atoms with E-state index in [1.54, 1.807) is 0 Å². The fraction of sp³-hybridized carbons (Fsp3) is 0.636. The largest absolute Gasteiger partial charge is 0.316 e. The molecule has 1 N–H and O–H groups in total. The molecule has 14 heavy (non-hydrogen) atoms. The summed E-state index contributed by atoms with van der Waals surface area (Å²) in [4.78, 5) is 2.80. The normalized spacial score (nSPS) is 22.1. The van der Waals surface area contributed by atoms with Crippen LogP contribution in [0.4, 0.5) is 0 Å². The third-order valence-electron chi connectivity index (χ3n) is 2.72. The Bertz CT molecular complexity index is 313. The summed E-state index contributed by atoms with van der Waals surface area (Å²) in [5.74, 6) is 1.25. The Balaban J connectivity index is 2.22. The van der Waals surface area contributed by atoms with E-state index in [4.69, 9.17) is 11.6 Å². The van der Waals surface area contributed by atoms with Gasteiger partial charge in [0.15, 0.2) is 0 Å². The summed E-state index contributed by atoms with van der Waals surface area (Å²) in [6.45, 7) is 6.67. The molecule has 1 aromatic rings. The van der Waals surface area contributed by atoms with E-state index in [0.29, 0.717) is 11.8 Å². The molecule has 0 radical (unpaired) electrons. The van der Waals surface area contributed by atoms with Gasteiger partial charge < -0.3 is 5.32 Å². The van der Waals surface area contributed by atoms with Crippen LogP contribution in [0.15, 0.2) is 6.07 Å². The Morgan fingerprint density at radius 2 is 2.36 bits per heavy atom. The average Bonchev–Trinajstić information content (AvgIpc) is 2.70. The molecule has 0 amide bonds. The lowest BCUT2D eigenvalue weighted by Gasteiger charge is -2.04. The highest BCUT2D eigenvalue weighted by atomic mass is 35.5. The zero-order valence-electron chi connectivity index (χ0n) is 8.64. The third-order valence-corrected chi connectivity index (χ3v) is 4.74. The molecule has 0 spiro atoms. The average molecular weight is 230 g/mol. The fourth-order valence-electron chi connectivity index (χ4n) is 1.89. The summed E-state index contributed by atoms with van der Waals surface area (Å²) in [6.07, 6.45) is 1.26. The van der Waals surface area contributed by atoms with E-state index in [-0.39, 0.29) is 0 Å². The molecular formula is C11H16ClNS. The van der Waals surface area contributed by atoms with Crippen molar-refractivity contribution >= 4 is 22.9 Å². The van der Waals surface area contributed by atoms with Gasteiger partial charge in [-0.1, -0.05) is 25.4 Å². The molecule has 1 saturated heterocycles. The molecule has 78 valence electrons. The number of hydrogen-bond acceptors (Lipinski definition) is 2. The topological polar surface area (TPSA) is 12.0 Å². The summed E-state index contributed by atoms with van der Waals surface area (Å²) in [7, 11) is 0. The number of thiophene rings is 1. The van der Waals surface area contributed by atoms with E-state index in [2.05, 4.69) is 25.2 Å². The summed E-state index contributed by atoms with van der Waals surface area (Å²) in [5, 5.41) is 4.36. The van der Waals surface area contributed by atoms with Crippen molar-refractivity contribution in [2.75, 3.05) is 13.1 Å². The van der Waals surface area contributed by atoms with Gasteiger partial charge in [0.25, 0.3) is 0 Å². The Kier molecular flexibility index (Phi) is 3.15. The van der Waals surface area contributed by atoms with Gasteiger partial charge in [-0.3, -0.25) is 0 Å². The van der Waals surface area contributed by atoms with Crippen molar-refractivity contribution < 1.29 is 0 Å². The lowest BCUT2D eigenvalue weighted by molar-refractivity contribution is 0.779. The molecule has 2 rings (SSSR count). The zero-order chi connectivity index (χ0) is 10.1. The summed E-state index contributed by atoms with van der Waals surface area (Å²) < 4.78 is 0. The van der Waals surface area contributed by atoms with Crippen molar-refractivity contribution in [3.8, 4) is 0 Å². The Morgan fingerprint density at radius 1 is 1.57 bits per heavy atom. The number of rotatable bonds is 2. The molecule has 0 bridgehead atoms. The number of nitrogens with one attached hydrogen (secondary N) is 1. The quantitative estimate of drug-likeness (QED) is 0.817. The first-order valence-corrected chi connectivity index (χ1v) is 6.37. The van der Waals surface area contributed by atoms with Crippen LogP contribution in [-0.2, 0) is 0 Å². The van der Waals surface area contributed by atoms with Gasteiger partial charge in [0.2, 0.25) is 0 Å². The van der Waals surface area contributed by atoms with Gasteiger partial charge in [0.1, 0.15) is 0 Å². The zero-order valence-corrected chi connectivity index (χ0v) is 10.2. The monoisotopic (exact) mass is 229 g/mol. The van der Waals surface area contributed by atoms with Crippen molar-refractivity contribution in [2.24, 2.45) is 0 Å². The molecule has 1 aromatic heterocycles. The van der Waals surface area contributed by atoms with E-state index in [9.17, 15) is 0 Å². The minimum absolute atomic E-state index is 0.551. The SMILES string of the molecule is CC(C)c1sc(C2CCNC2)cc1Cl. The van der Waals surface area contributed by atoms with Crippen LogP contribution in [0.1, 0.15) is 41.9 Å². The van der Waals surface area contributed by atoms with Crippen molar-refractivity contribution in [3.05, 3.63) is 20.8 Å². The Morgan fingerprint density at radius 3 is 2.86 bits per heavy atom. The van der Waals surface area contributed by atoms with Crippen LogP contribution in [0.25, 0.3) is 0 Å². The van der Waals surface area contributed by atoms with Crippen molar-refractivity contribution in [1.82, 2.24) is 5.32 Å². The molecule has 1 nitrogen and oxygen atoms in total. The van der Waals surface area contributed by atoms with Crippen LogP contribution in [0.3, 0.4) is 0 Å². The summed E-state index contributed by atoms with van der Waals surface area (Å²) in [5.41, 5.74) is 0. The maximum Gasteiger partial charge on any atom is 0.0550 e. The van der Waals surface area contributed by atoms with Crippen LogP contribution in [-0.4, -0.2) is 13.1 Å². The van der Waals surface area contributed by atoms with Gasteiger partial charge in [-0.25, -0.2) is 0 Å². The van der Waals surface area contributed by atoms with Crippen LogP contribution < -0.4 is 5.32 Å². The number of halogens is 1. The Hall–Kier alpha value is -0.0500. The third kappa shape index (κ3) is 1.97. The highest BCUT2D eigenvalue weighted by molar-refractivity contribution is 7.12. The maximum absolute atomic E-state index is 6.21. The molecule has 1 fully saturated rings. The maximum atomic E-state index is 6.21. The van der Waals surface area contributed by atoms with Crippen LogP contribution in [0.5, 0.6) is 0 Å². The molecule has 1 atom stereocenters. The number of hydrogen-bond donors (Lipinski definition) is 1. The molecule has 0 saturated carbocycles. The van der Waals surface area contributed by atoms with E-state index in [0.717, 1.165) is 18.1 Å². The molecule has 0 aliphatic carbocycles. The van der Waals surface area contributed by atoms with E-state index in [1.165, 1.54) is 16.2 Å². The molecular weight excluding hydrogens is 214 g/mol. The first-order chi connectivity index (χ1) is 6.68. The van der Waals surface area contributed by atoms with Gasteiger partial charge in [0.05, 0.1) is 5.02 Å². The molecule has 1 aliphatic heterocycles. The molecule has 3 heteroatoms. The minimum Gasteiger partial charge on any atom is -0.316 e. The highest BCUT2D eigenvalue weighted by Gasteiger charge is 2.20. The van der Waals surface area contributed by atoms with Gasteiger partial charge in [-0.2, -0.15) is 0 Å². The second-order valence-electron chi connectivity index (χ2n) is 4.21. The summed E-state index contributed by atoms with van der Waals surface area (Å²) >= 11 is 8.10. The molecule has 2 heterocycles. The first-order valence-electron chi connectivity index (χ1n) is 5.18. The predicted molar refractivity (Wildman–Crippen MR) is 63.6 cm³/mol. The van der Waals surface area contributed by atoms with Crippen molar-refractivity contribution in [1.29, 1.82) is 0 Å². The molecule has 0 aromatic carbocycles. The van der Waals surface area contributed by atoms with E-state index in [1.807, 2.05) is 11.3 Å². The van der Waals surface area contributed by atoms with E-state index >= 15 is 0 Å².